The van der Waals surface area contributed by atoms with Crippen LogP contribution in [0.3, 0.4) is 0 Å². The number of anilines is 1. The number of carbonyl (C=O) groups is 2. The molecule has 0 spiro atoms. The summed E-state index contributed by atoms with van der Waals surface area (Å²) in [7, 11) is 1.46. The van der Waals surface area contributed by atoms with Crippen LogP contribution in [-0.4, -0.2) is 33.4 Å². The fraction of sp³-hybridized carbons (Fsp3) is 0.0625. The Labute approximate surface area is 130 Å². The van der Waals surface area contributed by atoms with Crippen LogP contribution in [0.15, 0.2) is 42.7 Å². The maximum atomic E-state index is 12.7. The predicted octanol–water partition coefficient (Wildman–Crippen LogP) is 1.85. The van der Waals surface area contributed by atoms with Gasteiger partial charge in [-0.2, -0.15) is 0 Å². The van der Waals surface area contributed by atoms with Gasteiger partial charge < -0.3 is 15.6 Å². The second kappa shape index (κ2) is 5.45. The molecule has 1 aromatic carbocycles. The molecule has 0 fully saturated rings. The van der Waals surface area contributed by atoms with Crippen molar-refractivity contribution >= 4 is 23.0 Å². The Balaban J connectivity index is 2.10. The molecule has 7 heteroatoms. The van der Waals surface area contributed by atoms with Crippen molar-refractivity contribution < 1.29 is 19.4 Å². The number of hydrogen-bond acceptors (Lipinski definition) is 5. The highest BCUT2D eigenvalue weighted by molar-refractivity contribution is 6.07. The van der Waals surface area contributed by atoms with Gasteiger partial charge in [0.15, 0.2) is 5.82 Å². The molecular formula is C16H13N3O4. The number of rotatable bonds is 4. The number of benzene rings is 1. The van der Waals surface area contributed by atoms with E-state index in [1.807, 2.05) is 0 Å². The summed E-state index contributed by atoms with van der Waals surface area (Å²) < 4.78 is 6.56. The SMILES string of the molecule is COc1cc(C(=O)c2ncc3ccc(C(=O)O)cn23)ccc1N. The Hall–Kier alpha value is -3.35. The zero-order chi connectivity index (χ0) is 16.6. The predicted molar refractivity (Wildman–Crippen MR) is 83.0 cm³/mol. The van der Waals surface area contributed by atoms with Crippen LogP contribution in [0, 0.1) is 0 Å². The number of nitrogens with zero attached hydrogens (tertiary/aromatic N) is 2. The molecule has 0 bridgehead atoms. The number of ether oxygens (including phenoxy) is 1. The fourth-order valence-electron chi connectivity index (χ4n) is 2.27. The van der Waals surface area contributed by atoms with Crippen LogP contribution >= 0.6 is 0 Å². The van der Waals surface area contributed by atoms with E-state index in [4.69, 9.17) is 15.6 Å². The molecule has 3 rings (SSSR count). The number of fused-ring (bicyclic) bond motifs is 1. The van der Waals surface area contributed by atoms with Gasteiger partial charge in [0.2, 0.25) is 5.78 Å². The van der Waals surface area contributed by atoms with Gasteiger partial charge in [-0.1, -0.05) is 0 Å². The van der Waals surface area contributed by atoms with Crippen LogP contribution in [0.5, 0.6) is 5.75 Å². The number of imidazole rings is 1. The number of carboxylic acids is 1. The zero-order valence-electron chi connectivity index (χ0n) is 12.2. The molecule has 0 radical (unpaired) electrons. The van der Waals surface area contributed by atoms with Crippen LogP contribution in [-0.2, 0) is 0 Å². The van der Waals surface area contributed by atoms with Crippen LogP contribution in [0.25, 0.3) is 5.52 Å². The smallest absolute Gasteiger partial charge is 0.337 e. The number of pyridine rings is 1. The molecule has 0 atom stereocenters. The van der Waals surface area contributed by atoms with Crippen molar-refractivity contribution in [2.75, 3.05) is 12.8 Å². The second-order valence-electron chi connectivity index (χ2n) is 4.89. The van der Waals surface area contributed by atoms with Crippen molar-refractivity contribution in [3.63, 3.8) is 0 Å². The van der Waals surface area contributed by atoms with Gasteiger partial charge in [-0.3, -0.25) is 9.20 Å². The van der Waals surface area contributed by atoms with Gasteiger partial charge in [0.05, 0.1) is 30.1 Å². The van der Waals surface area contributed by atoms with Crippen LogP contribution < -0.4 is 10.5 Å². The van der Waals surface area contributed by atoms with Gasteiger partial charge in [-0.05, 0) is 30.3 Å². The highest BCUT2D eigenvalue weighted by Gasteiger charge is 2.17. The molecule has 0 saturated heterocycles. The van der Waals surface area contributed by atoms with E-state index < -0.39 is 5.97 Å². The first kappa shape index (κ1) is 14.6. The number of nitrogens with two attached hydrogens (primary N) is 1. The molecular weight excluding hydrogens is 298 g/mol. The van der Waals surface area contributed by atoms with E-state index >= 15 is 0 Å². The summed E-state index contributed by atoms with van der Waals surface area (Å²) in [5, 5.41) is 9.08. The minimum Gasteiger partial charge on any atom is -0.495 e. The summed E-state index contributed by atoms with van der Waals surface area (Å²) in [5.41, 5.74) is 7.21. The molecule has 0 aliphatic carbocycles. The van der Waals surface area contributed by atoms with Gasteiger partial charge in [-0.25, -0.2) is 9.78 Å². The lowest BCUT2D eigenvalue weighted by Gasteiger charge is -2.07. The number of methoxy groups -OCH3 is 1. The van der Waals surface area contributed by atoms with E-state index in [2.05, 4.69) is 4.98 Å². The second-order valence-corrected chi connectivity index (χ2v) is 4.89. The van der Waals surface area contributed by atoms with Gasteiger partial charge in [0.25, 0.3) is 0 Å². The largest absolute Gasteiger partial charge is 0.495 e. The maximum absolute atomic E-state index is 12.7. The Bertz CT molecular complexity index is 930. The monoisotopic (exact) mass is 311 g/mol. The lowest BCUT2D eigenvalue weighted by atomic mass is 10.1. The third kappa shape index (κ3) is 2.48. The van der Waals surface area contributed by atoms with E-state index in [1.54, 1.807) is 18.2 Å². The molecule has 2 heterocycles. The minimum absolute atomic E-state index is 0.0689. The number of aromatic carboxylic acids is 1. The first-order chi connectivity index (χ1) is 11.0. The number of nitrogen functional groups attached to an aromatic ring is 1. The van der Waals surface area contributed by atoms with E-state index in [0.29, 0.717) is 22.5 Å². The first-order valence-corrected chi connectivity index (χ1v) is 6.70. The Kier molecular flexibility index (Phi) is 3.46. The van der Waals surface area contributed by atoms with E-state index in [9.17, 15) is 9.59 Å². The summed E-state index contributed by atoms with van der Waals surface area (Å²) in [6.45, 7) is 0. The summed E-state index contributed by atoms with van der Waals surface area (Å²) in [6, 6.07) is 7.73. The van der Waals surface area contributed by atoms with E-state index in [0.717, 1.165) is 0 Å². The summed E-state index contributed by atoms with van der Waals surface area (Å²) in [6.07, 6.45) is 2.87. The van der Waals surface area contributed by atoms with Crippen LogP contribution in [0.4, 0.5) is 5.69 Å². The third-order valence-electron chi connectivity index (χ3n) is 3.47. The molecule has 2 aromatic heterocycles. The number of carbonyl (C=O) groups excluding carboxylic acids is 1. The summed E-state index contributed by atoms with van der Waals surface area (Å²) >= 11 is 0. The quantitative estimate of drug-likeness (QED) is 0.562. The lowest BCUT2D eigenvalue weighted by Crippen LogP contribution is -2.09. The Morgan fingerprint density at radius 1 is 1.22 bits per heavy atom. The molecule has 0 saturated carbocycles. The minimum atomic E-state index is -1.08. The van der Waals surface area contributed by atoms with Crippen molar-refractivity contribution in [2.45, 2.75) is 0 Å². The Morgan fingerprint density at radius 3 is 2.65 bits per heavy atom. The summed E-state index contributed by atoms with van der Waals surface area (Å²) in [5.74, 6) is -0.920. The van der Waals surface area contributed by atoms with E-state index in [-0.39, 0.29) is 17.2 Å². The standard InChI is InChI=1S/C16H13N3O4/c1-23-13-6-9(3-5-12(13)17)14(20)15-18-7-11-4-2-10(16(21)22)8-19(11)15/h2-8H,17H2,1H3,(H,21,22). The average molecular weight is 311 g/mol. The van der Waals surface area contributed by atoms with Gasteiger partial charge in [-0.15, -0.1) is 0 Å². The topological polar surface area (TPSA) is 107 Å². The summed E-state index contributed by atoms with van der Waals surface area (Å²) in [4.78, 5) is 27.8. The molecule has 0 amide bonds. The normalized spacial score (nSPS) is 10.7. The number of aromatic nitrogens is 2. The van der Waals surface area contributed by atoms with Crippen molar-refractivity contribution in [1.29, 1.82) is 0 Å². The van der Waals surface area contributed by atoms with Crippen LogP contribution in [0.1, 0.15) is 26.5 Å². The Morgan fingerprint density at radius 2 is 1.96 bits per heavy atom. The molecule has 23 heavy (non-hydrogen) atoms. The van der Waals surface area contributed by atoms with Gasteiger partial charge in [0, 0.05) is 11.8 Å². The molecule has 0 aliphatic rings. The molecule has 3 aromatic rings. The third-order valence-corrected chi connectivity index (χ3v) is 3.47. The van der Waals surface area contributed by atoms with Crippen molar-refractivity contribution in [2.24, 2.45) is 0 Å². The van der Waals surface area contributed by atoms with Gasteiger partial charge >= 0.3 is 5.97 Å². The zero-order valence-corrected chi connectivity index (χ0v) is 12.2. The number of carboxylic acid groups (broad SMARTS) is 1. The maximum Gasteiger partial charge on any atom is 0.337 e. The fourth-order valence-corrected chi connectivity index (χ4v) is 2.27. The van der Waals surface area contributed by atoms with Crippen molar-refractivity contribution in [1.82, 2.24) is 9.38 Å². The van der Waals surface area contributed by atoms with Crippen LogP contribution in [0.2, 0.25) is 0 Å². The highest BCUT2D eigenvalue weighted by Crippen LogP contribution is 2.24. The van der Waals surface area contributed by atoms with Crippen molar-refractivity contribution in [3.05, 3.63) is 59.7 Å². The number of hydrogen-bond donors (Lipinski definition) is 2. The molecule has 0 aliphatic heterocycles. The molecule has 0 unspecified atom stereocenters. The molecule has 7 nitrogen and oxygen atoms in total. The number of ketones is 1. The van der Waals surface area contributed by atoms with Crippen molar-refractivity contribution in [3.8, 4) is 5.75 Å². The lowest BCUT2D eigenvalue weighted by molar-refractivity contribution is 0.0696. The highest BCUT2D eigenvalue weighted by atomic mass is 16.5. The van der Waals surface area contributed by atoms with E-state index in [1.165, 1.54) is 36.0 Å². The molecule has 116 valence electrons. The molecule has 3 N–H and O–H groups in total. The van der Waals surface area contributed by atoms with Gasteiger partial charge in [0.1, 0.15) is 5.75 Å². The first-order valence-electron chi connectivity index (χ1n) is 6.70. The average Bonchev–Trinajstić information content (AvgIpc) is 2.97.